The molecular weight excluding hydrogens is 362 g/mol. The van der Waals surface area contributed by atoms with Crippen LogP contribution in [0.1, 0.15) is 30.5 Å². The summed E-state index contributed by atoms with van der Waals surface area (Å²) in [4.78, 5) is 0. The Kier molecular flexibility index (Phi) is 7.54. The van der Waals surface area contributed by atoms with E-state index in [9.17, 15) is 0 Å². The third-order valence-electron chi connectivity index (χ3n) is 4.95. The van der Waals surface area contributed by atoms with E-state index in [2.05, 4.69) is 63.0 Å². The minimum atomic E-state index is 0.571. The molecule has 0 heterocycles. The predicted molar refractivity (Wildman–Crippen MR) is 123 cm³/mol. The number of rotatable bonds is 8. The Morgan fingerprint density at radius 1 is 0.966 bits per heavy atom. The Hall–Kier alpha value is -3.14. The van der Waals surface area contributed by atoms with Gasteiger partial charge in [-0.1, -0.05) is 24.8 Å². The van der Waals surface area contributed by atoms with Gasteiger partial charge in [0.05, 0.1) is 21.3 Å². The first-order chi connectivity index (χ1) is 13.9. The topological polar surface area (TPSA) is 39.7 Å². The largest absolute Gasteiger partial charge is 0.493 e. The van der Waals surface area contributed by atoms with Gasteiger partial charge >= 0.3 is 0 Å². The molecule has 29 heavy (non-hydrogen) atoms. The van der Waals surface area contributed by atoms with Crippen LogP contribution in [0.25, 0.3) is 11.1 Å². The number of anilines is 1. The molecule has 2 aromatic rings. The minimum absolute atomic E-state index is 0.571. The van der Waals surface area contributed by atoms with Crippen molar-refractivity contribution in [1.82, 2.24) is 0 Å². The van der Waals surface area contributed by atoms with Crippen LogP contribution < -0.4 is 19.5 Å². The van der Waals surface area contributed by atoms with E-state index in [4.69, 9.17) is 14.2 Å². The first kappa shape index (κ1) is 22.2. The number of aryl methyl sites for hydroxylation is 1. The van der Waals surface area contributed by atoms with Gasteiger partial charge in [-0.25, -0.2) is 0 Å². The number of hydrogen-bond acceptors (Lipinski definition) is 4. The molecule has 0 fully saturated rings. The lowest BCUT2D eigenvalue weighted by molar-refractivity contribution is 0.324. The number of ether oxygens (including phenoxy) is 3. The van der Waals surface area contributed by atoms with E-state index in [-0.39, 0.29) is 0 Å². The third-order valence-corrected chi connectivity index (χ3v) is 4.95. The van der Waals surface area contributed by atoms with Gasteiger partial charge in [0.1, 0.15) is 0 Å². The smallest absolute Gasteiger partial charge is 0.203 e. The van der Waals surface area contributed by atoms with Gasteiger partial charge in [0.2, 0.25) is 5.75 Å². The fourth-order valence-corrected chi connectivity index (χ4v) is 3.42. The zero-order chi connectivity index (χ0) is 21.6. The van der Waals surface area contributed by atoms with Gasteiger partial charge in [0.15, 0.2) is 11.5 Å². The van der Waals surface area contributed by atoms with E-state index in [1.165, 1.54) is 16.7 Å². The first-order valence-corrected chi connectivity index (χ1v) is 9.53. The van der Waals surface area contributed by atoms with Gasteiger partial charge in [0.25, 0.3) is 0 Å². The van der Waals surface area contributed by atoms with E-state index in [0.29, 0.717) is 17.2 Å². The fourth-order valence-electron chi connectivity index (χ4n) is 3.42. The summed E-state index contributed by atoms with van der Waals surface area (Å²) < 4.78 is 16.3. The molecule has 0 saturated heterocycles. The average Bonchev–Trinajstić information content (AvgIpc) is 2.73. The van der Waals surface area contributed by atoms with Crippen LogP contribution in [0.5, 0.6) is 17.2 Å². The zero-order valence-electron chi connectivity index (χ0n) is 18.5. The lowest BCUT2D eigenvalue weighted by atomic mass is 9.94. The Morgan fingerprint density at radius 2 is 1.59 bits per heavy atom. The molecule has 2 rings (SSSR count). The Morgan fingerprint density at radius 3 is 2.03 bits per heavy atom. The monoisotopic (exact) mass is 393 g/mol. The maximum atomic E-state index is 5.46. The predicted octanol–water partition coefficient (Wildman–Crippen LogP) is 6.13. The van der Waals surface area contributed by atoms with Crippen molar-refractivity contribution in [1.29, 1.82) is 0 Å². The van der Waals surface area contributed by atoms with Crippen LogP contribution in [0.3, 0.4) is 0 Å². The highest BCUT2D eigenvalue weighted by Gasteiger charge is 2.14. The quantitative estimate of drug-likeness (QED) is 0.548. The van der Waals surface area contributed by atoms with Crippen LogP contribution in [0, 0.1) is 6.92 Å². The highest BCUT2D eigenvalue weighted by atomic mass is 16.5. The lowest BCUT2D eigenvalue weighted by Gasteiger charge is -2.15. The van der Waals surface area contributed by atoms with Crippen molar-refractivity contribution >= 4 is 16.8 Å². The van der Waals surface area contributed by atoms with Crippen molar-refractivity contribution in [3.05, 3.63) is 71.3 Å². The maximum Gasteiger partial charge on any atom is 0.203 e. The zero-order valence-corrected chi connectivity index (χ0v) is 18.5. The molecule has 0 aliphatic rings. The molecule has 4 nitrogen and oxygen atoms in total. The summed E-state index contributed by atoms with van der Waals surface area (Å²) in [5.74, 6) is 1.79. The number of allylic oxidation sites excluding steroid dienone is 5. The molecule has 0 amide bonds. The summed E-state index contributed by atoms with van der Waals surface area (Å²) in [5, 5.41) is 3.21. The second kappa shape index (κ2) is 9.87. The summed E-state index contributed by atoms with van der Waals surface area (Å²) in [7, 11) is 6.75. The van der Waals surface area contributed by atoms with Crippen molar-refractivity contribution in [2.45, 2.75) is 20.8 Å². The normalized spacial score (nSPS) is 11.8. The van der Waals surface area contributed by atoms with Crippen LogP contribution in [-0.2, 0) is 0 Å². The Bertz CT molecular complexity index is 930. The standard InChI is InChI=1S/C25H31NO3/c1-9-21(19-10-11-22(26-5)18(4)13-19)17(3)12-16(2)20-14-23(27-6)25(29-8)24(15-20)28-7/h9-15,26H,2H2,1,3-8H3/b17-12+,21-9+. The third kappa shape index (κ3) is 4.83. The lowest BCUT2D eigenvalue weighted by Crippen LogP contribution is -1.97. The molecule has 0 radical (unpaired) electrons. The summed E-state index contributed by atoms with van der Waals surface area (Å²) >= 11 is 0. The first-order valence-electron chi connectivity index (χ1n) is 9.53. The number of methoxy groups -OCH3 is 3. The summed E-state index contributed by atoms with van der Waals surface area (Å²) in [6, 6.07) is 10.3. The molecule has 0 aliphatic heterocycles. The SMILES string of the molecule is C=C(/C=C(C)/C(=C\C)c1ccc(NC)c(C)c1)c1cc(OC)c(OC)c(OC)c1. The highest BCUT2D eigenvalue weighted by Crippen LogP contribution is 2.40. The van der Waals surface area contributed by atoms with E-state index in [1.54, 1.807) is 21.3 Å². The van der Waals surface area contributed by atoms with Crippen molar-refractivity contribution < 1.29 is 14.2 Å². The molecule has 154 valence electrons. The second-order valence-corrected chi connectivity index (χ2v) is 6.75. The van der Waals surface area contributed by atoms with Crippen LogP contribution in [0.15, 0.2) is 54.6 Å². The van der Waals surface area contributed by atoms with E-state index < -0.39 is 0 Å². The van der Waals surface area contributed by atoms with Gasteiger partial charge in [-0.15, -0.1) is 0 Å². The van der Waals surface area contributed by atoms with Crippen molar-refractivity contribution in [2.75, 3.05) is 33.7 Å². The summed E-state index contributed by atoms with van der Waals surface area (Å²) in [6.07, 6.45) is 4.21. The van der Waals surface area contributed by atoms with Gasteiger partial charge in [-0.05, 0) is 78.4 Å². The van der Waals surface area contributed by atoms with E-state index >= 15 is 0 Å². The molecule has 0 saturated carbocycles. The minimum Gasteiger partial charge on any atom is -0.493 e. The Labute approximate surface area is 174 Å². The maximum absolute atomic E-state index is 5.46. The molecule has 0 atom stereocenters. The number of hydrogen-bond donors (Lipinski definition) is 1. The fraction of sp³-hybridized carbons (Fsp3) is 0.280. The molecule has 0 bridgehead atoms. The summed E-state index contributed by atoms with van der Waals surface area (Å²) in [6.45, 7) is 10.5. The van der Waals surface area contributed by atoms with Crippen LogP contribution >= 0.6 is 0 Å². The molecule has 2 aromatic carbocycles. The summed E-state index contributed by atoms with van der Waals surface area (Å²) in [5.41, 5.74) is 7.59. The van der Waals surface area contributed by atoms with Crippen molar-refractivity contribution in [2.24, 2.45) is 0 Å². The van der Waals surface area contributed by atoms with Crippen molar-refractivity contribution in [3.8, 4) is 17.2 Å². The molecular formula is C25H31NO3. The van der Waals surface area contributed by atoms with Crippen LogP contribution in [0.2, 0.25) is 0 Å². The second-order valence-electron chi connectivity index (χ2n) is 6.75. The van der Waals surface area contributed by atoms with E-state index in [1.807, 2.05) is 19.2 Å². The average molecular weight is 394 g/mol. The number of nitrogens with one attached hydrogen (secondary N) is 1. The molecule has 4 heteroatoms. The highest BCUT2D eigenvalue weighted by molar-refractivity contribution is 5.85. The molecule has 1 N–H and O–H groups in total. The molecule has 0 aromatic heterocycles. The van der Waals surface area contributed by atoms with Gasteiger partial charge < -0.3 is 19.5 Å². The van der Waals surface area contributed by atoms with Crippen molar-refractivity contribution in [3.63, 3.8) is 0 Å². The number of benzene rings is 2. The molecule has 0 spiro atoms. The van der Waals surface area contributed by atoms with Gasteiger partial charge in [-0.2, -0.15) is 0 Å². The Balaban J connectivity index is 2.42. The van der Waals surface area contributed by atoms with Crippen LogP contribution in [0.4, 0.5) is 5.69 Å². The molecule has 0 unspecified atom stereocenters. The molecule has 0 aliphatic carbocycles. The van der Waals surface area contributed by atoms with Crippen LogP contribution in [-0.4, -0.2) is 28.4 Å². The van der Waals surface area contributed by atoms with E-state index in [0.717, 1.165) is 22.4 Å². The van der Waals surface area contributed by atoms with Gasteiger partial charge in [-0.3, -0.25) is 0 Å². The van der Waals surface area contributed by atoms with Gasteiger partial charge in [0, 0.05) is 12.7 Å².